The van der Waals surface area contributed by atoms with Gasteiger partial charge in [0.25, 0.3) is 0 Å². The van der Waals surface area contributed by atoms with Crippen LogP contribution in [0.15, 0.2) is 42.5 Å². The van der Waals surface area contributed by atoms with Gasteiger partial charge in [-0.2, -0.15) is 0 Å². The van der Waals surface area contributed by atoms with Crippen LogP contribution < -0.4 is 70.7 Å². The van der Waals surface area contributed by atoms with Gasteiger partial charge in [-0.15, -0.1) is 0 Å². The van der Waals surface area contributed by atoms with Crippen molar-refractivity contribution >= 4 is 5.97 Å². The Morgan fingerprint density at radius 3 is 2.34 bits per heavy atom. The van der Waals surface area contributed by atoms with Gasteiger partial charge in [0.05, 0.1) is 25.9 Å². The van der Waals surface area contributed by atoms with Crippen LogP contribution in [0.25, 0.3) is 0 Å². The maximum atomic E-state index is 12.5. The molecule has 1 aliphatic heterocycles. The summed E-state index contributed by atoms with van der Waals surface area (Å²) in [6.45, 7) is -0.125. The van der Waals surface area contributed by atoms with Crippen molar-refractivity contribution < 1.29 is 95.2 Å². The SMILES string of the molecule is COc1cc(C(=O)OCC2OC([O-])CC(O)C2O)cc(OC)c1OCc1ccccc1.[K+]. The number of rotatable bonds is 8. The smallest absolute Gasteiger partial charge is 0.831 e. The average Bonchev–Trinajstić information content (AvgIpc) is 2.78. The van der Waals surface area contributed by atoms with Crippen LogP contribution in [0.3, 0.4) is 0 Å². The fraction of sp³-hybridized carbons (Fsp3) is 0.409. The second-order valence-electron chi connectivity index (χ2n) is 6.98. The summed E-state index contributed by atoms with van der Waals surface area (Å²) in [4.78, 5) is 12.5. The van der Waals surface area contributed by atoms with Crippen molar-refractivity contribution in [1.29, 1.82) is 0 Å². The van der Waals surface area contributed by atoms with Gasteiger partial charge in [0.15, 0.2) is 11.5 Å². The molecule has 1 fully saturated rings. The topological polar surface area (TPSA) is 127 Å². The molecule has 0 saturated carbocycles. The molecule has 1 heterocycles. The van der Waals surface area contributed by atoms with Crippen molar-refractivity contribution in [3.63, 3.8) is 0 Å². The van der Waals surface area contributed by atoms with E-state index < -0.39 is 37.2 Å². The zero-order chi connectivity index (χ0) is 22.4. The molecule has 0 spiro atoms. The van der Waals surface area contributed by atoms with E-state index in [0.29, 0.717) is 5.75 Å². The molecular formula is C22H25KO9. The molecule has 0 radical (unpaired) electrons. The van der Waals surface area contributed by atoms with Crippen molar-refractivity contribution in [3.8, 4) is 17.2 Å². The molecule has 168 valence electrons. The molecule has 0 bridgehead atoms. The molecule has 2 aromatic rings. The van der Waals surface area contributed by atoms with Crippen molar-refractivity contribution in [2.75, 3.05) is 20.8 Å². The van der Waals surface area contributed by atoms with Gasteiger partial charge in [0, 0.05) is 0 Å². The fourth-order valence-corrected chi connectivity index (χ4v) is 3.16. The van der Waals surface area contributed by atoms with Gasteiger partial charge in [0.1, 0.15) is 25.4 Å². The minimum Gasteiger partial charge on any atom is -0.831 e. The zero-order valence-corrected chi connectivity index (χ0v) is 21.3. The van der Waals surface area contributed by atoms with Crippen LogP contribution in [-0.2, 0) is 16.1 Å². The maximum Gasteiger partial charge on any atom is 1.00 e. The van der Waals surface area contributed by atoms with E-state index in [-0.39, 0.29) is 81.5 Å². The van der Waals surface area contributed by atoms with Crippen molar-refractivity contribution in [1.82, 2.24) is 0 Å². The monoisotopic (exact) mass is 472 g/mol. The van der Waals surface area contributed by atoms with E-state index in [2.05, 4.69) is 0 Å². The Morgan fingerprint density at radius 1 is 1.12 bits per heavy atom. The Morgan fingerprint density at radius 2 is 1.75 bits per heavy atom. The van der Waals surface area contributed by atoms with Gasteiger partial charge in [0.2, 0.25) is 5.75 Å². The van der Waals surface area contributed by atoms with Gasteiger partial charge < -0.3 is 39.0 Å². The first-order valence-corrected chi connectivity index (χ1v) is 9.70. The molecule has 1 aliphatic rings. The third kappa shape index (κ3) is 6.89. The second kappa shape index (κ2) is 12.9. The Balaban J connectivity index is 0.00000363. The Hall–Kier alpha value is -1.21. The molecule has 4 unspecified atom stereocenters. The van der Waals surface area contributed by atoms with Crippen molar-refractivity contribution in [2.45, 2.75) is 37.6 Å². The number of aliphatic hydroxyl groups is 2. The second-order valence-corrected chi connectivity index (χ2v) is 6.98. The summed E-state index contributed by atoms with van der Waals surface area (Å²) in [5.41, 5.74) is 1.06. The molecule has 1 saturated heterocycles. The molecule has 0 aromatic heterocycles. The molecular weight excluding hydrogens is 447 g/mol. The number of carbonyl (C=O) groups excluding carboxylic acids is 1. The van der Waals surface area contributed by atoms with Gasteiger partial charge in [-0.25, -0.2) is 4.79 Å². The Bertz CT molecular complexity index is 852. The van der Waals surface area contributed by atoms with Gasteiger partial charge in [-0.05, 0) is 30.4 Å². The number of benzene rings is 2. The molecule has 2 aromatic carbocycles. The first-order chi connectivity index (χ1) is 14.9. The Kier molecular flexibility index (Phi) is 10.9. The minimum atomic E-state index is -1.50. The van der Waals surface area contributed by atoms with Gasteiger partial charge >= 0.3 is 57.4 Å². The summed E-state index contributed by atoms with van der Waals surface area (Å²) >= 11 is 0. The first kappa shape index (κ1) is 27.0. The van der Waals surface area contributed by atoms with E-state index in [0.717, 1.165) is 5.56 Å². The van der Waals surface area contributed by atoms with Crippen LogP contribution in [-0.4, -0.2) is 61.6 Å². The molecule has 9 nitrogen and oxygen atoms in total. The third-order valence-corrected chi connectivity index (χ3v) is 4.84. The molecule has 0 amide bonds. The van der Waals surface area contributed by atoms with E-state index in [1.165, 1.54) is 26.4 Å². The van der Waals surface area contributed by atoms with Gasteiger partial charge in [-0.3, -0.25) is 0 Å². The Labute approximate surface area is 228 Å². The summed E-state index contributed by atoms with van der Waals surface area (Å²) in [7, 11) is 2.86. The van der Waals surface area contributed by atoms with Crippen LogP contribution in [0.2, 0.25) is 0 Å². The van der Waals surface area contributed by atoms with E-state index >= 15 is 0 Å². The number of ether oxygens (including phenoxy) is 5. The predicted octanol–water partition coefficient (Wildman–Crippen LogP) is -2.36. The molecule has 2 N–H and O–H groups in total. The third-order valence-electron chi connectivity index (χ3n) is 4.84. The van der Waals surface area contributed by atoms with Crippen LogP contribution in [0.4, 0.5) is 0 Å². The summed E-state index contributed by atoms with van der Waals surface area (Å²) in [6, 6.07) is 12.4. The molecule has 32 heavy (non-hydrogen) atoms. The number of methoxy groups -OCH3 is 2. The zero-order valence-electron chi connectivity index (χ0n) is 18.2. The summed E-state index contributed by atoms with van der Waals surface area (Å²) in [6.07, 6.45) is -5.40. The number of aliphatic hydroxyl groups excluding tert-OH is 2. The predicted molar refractivity (Wildman–Crippen MR) is 106 cm³/mol. The fourth-order valence-electron chi connectivity index (χ4n) is 3.16. The quantitative estimate of drug-likeness (QED) is 0.320. The van der Waals surface area contributed by atoms with Crippen molar-refractivity contribution in [2.24, 2.45) is 0 Å². The molecule has 0 aliphatic carbocycles. The van der Waals surface area contributed by atoms with Crippen LogP contribution in [0, 0.1) is 0 Å². The number of hydrogen-bond acceptors (Lipinski definition) is 9. The molecule has 10 heteroatoms. The molecule has 3 rings (SSSR count). The number of esters is 1. The van der Waals surface area contributed by atoms with E-state index in [1.54, 1.807) is 0 Å². The number of carbonyl (C=O) groups is 1. The summed E-state index contributed by atoms with van der Waals surface area (Å²) in [5.74, 6) is 0.121. The van der Waals surface area contributed by atoms with E-state index in [4.69, 9.17) is 23.7 Å². The molecule has 4 atom stereocenters. The standard InChI is InChI=1S/C22H25O9.K/c1-27-16-8-14(22(26)30-12-18-20(25)15(23)10-19(24)31-18)9-17(28-2)21(16)29-11-13-6-4-3-5-7-13;/h3-9,15,18-20,23,25H,10-12H2,1-2H3;/q-1;+1. The van der Waals surface area contributed by atoms with Gasteiger partial charge in [-0.1, -0.05) is 30.3 Å². The van der Waals surface area contributed by atoms with Crippen LogP contribution in [0.5, 0.6) is 17.2 Å². The van der Waals surface area contributed by atoms with E-state index in [9.17, 15) is 20.1 Å². The summed E-state index contributed by atoms with van der Waals surface area (Å²) < 4.78 is 26.8. The minimum absolute atomic E-state index is 0. The van der Waals surface area contributed by atoms with Crippen LogP contribution in [0.1, 0.15) is 22.3 Å². The van der Waals surface area contributed by atoms with Crippen molar-refractivity contribution in [3.05, 3.63) is 53.6 Å². The summed E-state index contributed by atoms with van der Waals surface area (Å²) in [5, 5.41) is 31.1. The van der Waals surface area contributed by atoms with Crippen LogP contribution >= 0.6 is 0 Å². The first-order valence-electron chi connectivity index (χ1n) is 9.70. The average molecular weight is 473 g/mol. The largest absolute Gasteiger partial charge is 1.00 e. The number of hydrogen-bond donors (Lipinski definition) is 2. The van der Waals surface area contributed by atoms with E-state index in [1.807, 2.05) is 30.3 Å². The normalized spacial score (nSPS) is 22.4. The maximum absolute atomic E-state index is 12.5.